The lowest BCUT2D eigenvalue weighted by atomic mass is 10.2. The molecule has 1 aliphatic heterocycles. The monoisotopic (exact) mass is 214 g/mol. The van der Waals surface area contributed by atoms with Gasteiger partial charge >= 0.3 is 5.97 Å². The molecule has 1 rings (SSSR count). The Morgan fingerprint density at radius 2 is 1.87 bits per heavy atom. The van der Waals surface area contributed by atoms with Crippen molar-refractivity contribution in [1.29, 1.82) is 0 Å². The van der Waals surface area contributed by atoms with E-state index in [1.807, 2.05) is 13.8 Å². The van der Waals surface area contributed by atoms with Gasteiger partial charge in [-0.3, -0.25) is 9.69 Å². The van der Waals surface area contributed by atoms with Crippen molar-refractivity contribution in [3.05, 3.63) is 0 Å². The van der Waals surface area contributed by atoms with Gasteiger partial charge in [0.2, 0.25) is 0 Å². The number of hydrogen-bond donors (Lipinski definition) is 0. The molecular weight excluding hydrogens is 192 g/mol. The zero-order chi connectivity index (χ0) is 11.3. The number of hydrogen-bond acceptors (Lipinski definition) is 4. The molecule has 4 heteroatoms. The lowest BCUT2D eigenvalue weighted by Crippen LogP contribution is -2.51. The van der Waals surface area contributed by atoms with Crippen LogP contribution in [0, 0.1) is 0 Å². The highest BCUT2D eigenvalue weighted by atomic mass is 16.5. The predicted octanol–water partition coefficient (Wildman–Crippen LogP) is 0.575. The molecule has 15 heavy (non-hydrogen) atoms. The van der Waals surface area contributed by atoms with Crippen LogP contribution in [0.15, 0.2) is 0 Å². The minimum absolute atomic E-state index is 0.0936. The summed E-state index contributed by atoms with van der Waals surface area (Å²) in [5, 5.41) is 0. The van der Waals surface area contributed by atoms with Crippen molar-refractivity contribution >= 4 is 5.97 Å². The molecule has 0 spiro atoms. The van der Waals surface area contributed by atoms with E-state index in [2.05, 4.69) is 16.7 Å². The van der Waals surface area contributed by atoms with Gasteiger partial charge < -0.3 is 9.64 Å². The largest absolute Gasteiger partial charge is 0.465 e. The quantitative estimate of drug-likeness (QED) is 0.641. The van der Waals surface area contributed by atoms with Crippen LogP contribution in [0.5, 0.6) is 0 Å². The molecule has 0 aliphatic carbocycles. The molecule has 0 aromatic rings. The van der Waals surface area contributed by atoms with Gasteiger partial charge in [0.25, 0.3) is 0 Å². The second-order valence-corrected chi connectivity index (χ2v) is 3.90. The third kappa shape index (κ3) is 3.47. The Hall–Kier alpha value is -0.610. The molecule has 0 aromatic carbocycles. The number of carbonyl (C=O) groups excluding carboxylic acids is 1. The molecule has 1 atom stereocenters. The molecule has 0 unspecified atom stereocenters. The van der Waals surface area contributed by atoms with E-state index in [4.69, 9.17) is 4.74 Å². The number of rotatable bonds is 4. The van der Waals surface area contributed by atoms with E-state index in [1.165, 1.54) is 0 Å². The minimum Gasteiger partial charge on any atom is -0.465 e. The average molecular weight is 214 g/mol. The van der Waals surface area contributed by atoms with Crippen molar-refractivity contribution in [1.82, 2.24) is 9.80 Å². The maximum atomic E-state index is 11.5. The number of ether oxygens (including phenoxy) is 1. The Morgan fingerprint density at radius 1 is 1.27 bits per heavy atom. The summed E-state index contributed by atoms with van der Waals surface area (Å²) >= 11 is 0. The first-order chi connectivity index (χ1) is 7.19. The molecule has 88 valence electrons. The molecule has 0 aromatic heterocycles. The summed E-state index contributed by atoms with van der Waals surface area (Å²) in [6, 6.07) is -0.0936. The summed E-state index contributed by atoms with van der Waals surface area (Å²) in [5.74, 6) is -0.0950. The highest BCUT2D eigenvalue weighted by molar-refractivity contribution is 5.75. The normalized spacial score (nSPS) is 21.3. The van der Waals surface area contributed by atoms with Gasteiger partial charge in [-0.1, -0.05) is 6.92 Å². The summed E-state index contributed by atoms with van der Waals surface area (Å²) in [6.45, 7) is 11.6. The van der Waals surface area contributed by atoms with Crippen molar-refractivity contribution in [3.8, 4) is 0 Å². The van der Waals surface area contributed by atoms with Gasteiger partial charge in [-0.05, 0) is 20.4 Å². The standard InChI is InChI=1S/C11H22N2O2/c1-4-12-6-8-13(9-7-12)10(3)11(14)15-5-2/h10H,4-9H2,1-3H3/t10-/m1/s1. The number of esters is 1. The zero-order valence-electron chi connectivity index (χ0n) is 10.0. The summed E-state index contributed by atoms with van der Waals surface area (Å²) in [5.41, 5.74) is 0. The molecule has 1 fully saturated rings. The van der Waals surface area contributed by atoms with Crippen LogP contribution < -0.4 is 0 Å². The molecule has 0 N–H and O–H groups in total. The van der Waals surface area contributed by atoms with E-state index in [0.29, 0.717) is 6.61 Å². The number of likely N-dealkylation sites (N-methyl/N-ethyl adjacent to an activating group) is 1. The smallest absolute Gasteiger partial charge is 0.323 e. The third-order valence-electron chi connectivity index (χ3n) is 3.03. The Bertz CT molecular complexity index is 201. The molecule has 0 saturated carbocycles. The van der Waals surface area contributed by atoms with Crippen molar-refractivity contribution < 1.29 is 9.53 Å². The number of piperazine rings is 1. The topological polar surface area (TPSA) is 32.8 Å². The van der Waals surface area contributed by atoms with E-state index >= 15 is 0 Å². The van der Waals surface area contributed by atoms with Crippen LogP contribution in [-0.4, -0.2) is 61.1 Å². The average Bonchev–Trinajstić information content (AvgIpc) is 2.28. The molecule has 0 radical (unpaired) electrons. The third-order valence-corrected chi connectivity index (χ3v) is 3.03. The first-order valence-corrected chi connectivity index (χ1v) is 5.82. The zero-order valence-corrected chi connectivity index (χ0v) is 10.0. The maximum absolute atomic E-state index is 11.5. The number of carbonyl (C=O) groups is 1. The van der Waals surface area contributed by atoms with Crippen LogP contribution in [0.1, 0.15) is 20.8 Å². The van der Waals surface area contributed by atoms with Gasteiger partial charge in [0.05, 0.1) is 6.61 Å². The van der Waals surface area contributed by atoms with Gasteiger partial charge in [-0.25, -0.2) is 0 Å². The highest BCUT2D eigenvalue weighted by Crippen LogP contribution is 2.07. The predicted molar refractivity (Wildman–Crippen MR) is 59.8 cm³/mol. The SMILES string of the molecule is CCOC(=O)[C@@H](C)N1CCN(CC)CC1. The minimum atomic E-state index is -0.0950. The molecule has 1 aliphatic rings. The van der Waals surface area contributed by atoms with Crippen LogP contribution in [0.3, 0.4) is 0 Å². The second-order valence-electron chi connectivity index (χ2n) is 3.90. The van der Waals surface area contributed by atoms with E-state index in [1.54, 1.807) is 0 Å². The van der Waals surface area contributed by atoms with Crippen LogP contribution in [-0.2, 0) is 9.53 Å². The molecule has 0 bridgehead atoms. The highest BCUT2D eigenvalue weighted by Gasteiger charge is 2.25. The molecule has 1 saturated heterocycles. The van der Waals surface area contributed by atoms with E-state index in [-0.39, 0.29) is 12.0 Å². The van der Waals surface area contributed by atoms with Crippen molar-refractivity contribution in [2.45, 2.75) is 26.8 Å². The van der Waals surface area contributed by atoms with Gasteiger partial charge in [-0.2, -0.15) is 0 Å². The molecular formula is C11H22N2O2. The van der Waals surface area contributed by atoms with Crippen LogP contribution >= 0.6 is 0 Å². The summed E-state index contributed by atoms with van der Waals surface area (Å²) in [7, 11) is 0. The van der Waals surface area contributed by atoms with Gasteiger partial charge in [-0.15, -0.1) is 0 Å². The Kier molecular flexibility index (Phi) is 5.05. The summed E-state index contributed by atoms with van der Waals surface area (Å²) in [6.07, 6.45) is 0. The van der Waals surface area contributed by atoms with Crippen LogP contribution in [0.2, 0.25) is 0 Å². The Labute approximate surface area is 92.2 Å². The van der Waals surface area contributed by atoms with E-state index in [9.17, 15) is 4.79 Å². The molecule has 4 nitrogen and oxygen atoms in total. The van der Waals surface area contributed by atoms with E-state index in [0.717, 1.165) is 32.7 Å². The molecule has 1 heterocycles. The lowest BCUT2D eigenvalue weighted by molar-refractivity contribution is -0.149. The fourth-order valence-corrected chi connectivity index (χ4v) is 1.88. The van der Waals surface area contributed by atoms with Gasteiger partial charge in [0.1, 0.15) is 6.04 Å². The van der Waals surface area contributed by atoms with Crippen molar-refractivity contribution in [3.63, 3.8) is 0 Å². The van der Waals surface area contributed by atoms with Crippen LogP contribution in [0.4, 0.5) is 0 Å². The molecule has 0 amide bonds. The van der Waals surface area contributed by atoms with Crippen LogP contribution in [0.25, 0.3) is 0 Å². The summed E-state index contributed by atoms with van der Waals surface area (Å²) in [4.78, 5) is 16.1. The van der Waals surface area contributed by atoms with Crippen molar-refractivity contribution in [2.75, 3.05) is 39.3 Å². The first-order valence-electron chi connectivity index (χ1n) is 5.82. The fourth-order valence-electron chi connectivity index (χ4n) is 1.88. The summed E-state index contributed by atoms with van der Waals surface area (Å²) < 4.78 is 5.02. The van der Waals surface area contributed by atoms with Gasteiger partial charge in [0.15, 0.2) is 0 Å². The Balaban J connectivity index is 2.35. The number of nitrogens with zero attached hydrogens (tertiary/aromatic N) is 2. The maximum Gasteiger partial charge on any atom is 0.323 e. The van der Waals surface area contributed by atoms with Crippen molar-refractivity contribution in [2.24, 2.45) is 0 Å². The lowest BCUT2D eigenvalue weighted by Gasteiger charge is -2.36. The first kappa shape index (κ1) is 12.5. The van der Waals surface area contributed by atoms with E-state index < -0.39 is 0 Å². The van der Waals surface area contributed by atoms with Gasteiger partial charge in [0, 0.05) is 26.2 Å². The second kappa shape index (κ2) is 6.08. The fraction of sp³-hybridized carbons (Fsp3) is 0.909. The Morgan fingerprint density at radius 3 is 2.33 bits per heavy atom.